The molecule has 2 rings (SSSR count). The van der Waals surface area contributed by atoms with Crippen LogP contribution in [-0.2, 0) is 6.54 Å². The summed E-state index contributed by atoms with van der Waals surface area (Å²) in [6, 6.07) is 0. The Morgan fingerprint density at radius 3 is 3.25 bits per heavy atom. The number of likely N-dealkylation sites (tertiary alicyclic amines) is 1. The Morgan fingerprint density at radius 1 is 1.75 bits per heavy atom. The summed E-state index contributed by atoms with van der Waals surface area (Å²) in [5.41, 5.74) is 1.23. The maximum Gasteiger partial charge on any atom is 0.0922 e. The Bertz CT molecular complexity index is 230. The van der Waals surface area contributed by atoms with Gasteiger partial charge < -0.3 is 4.98 Å². The molecule has 1 unspecified atom stereocenters. The van der Waals surface area contributed by atoms with Crippen molar-refractivity contribution in [3.63, 3.8) is 0 Å². The number of nitrogens with one attached hydrogen (secondary N) is 1. The lowest BCUT2D eigenvalue weighted by Crippen LogP contribution is -2.19. The van der Waals surface area contributed by atoms with Gasteiger partial charge in [0.15, 0.2) is 0 Å². The van der Waals surface area contributed by atoms with Crippen LogP contribution < -0.4 is 0 Å². The summed E-state index contributed by atoms with van der Waals surface area (Å²) in [6.45, 7) is 5.82. The molecular formula is C9H15N3. The summed E-state index contributed by atoms with van der Waals surface area (Å²) in [5.74, 6) is 0.868. The fraction of sp³-hybridized carbons (Fsp3) is 0.667. The number of nitrogens with zero attached hydrogens (tertiary/aromatic N) is 2. The molecule has 0 saturated carbocycles. The molecular weight excluding hydrogens is 150 g/mol. The summed E-state index contributed by atoms with van der Waals surface area (Å²) >= 11 is 0. The van der Waals surface area contributed by atoms with E-state index in [-0.39, 0.29) is 0 Å². The Labute approximate surface area is 72.8 Å². The molecule has 0 bridgehead atoms. The van der Waals surface area contributed by atoms with Gasteiger partial charge in [-0.15, -0.1) is 0 Å². The number of H-pyrrole nitrogens is 1. The quantitative estimate of drug-likeness (QED) is 0.715. The highest BCUT2D eigenvalue weighted by molar-refractivity contribution is 4.94. The van der Waals surface area contributed by atoms with Crippen molar-refractivity contribution in [2.24, 2.45) is 5.92 Å². The molecule has 0 aromatic carbocycles. The maximum atomic E-state index is 4.00. The molecule has 3 heteroatoms. The van der Waals surface area contributed by atoms with Crippen LogP contribution in [0.1, 0.15) is 19.0 Å². The summed E-state index contributed by atoms with van der Waals surface area (Å²) in [6.07, 6.45) is 4.99. The molecule has 0 spiro atoms. The Kier molecular flexibility index (Phi) is 2.13. The van der Waals surface area contributed by atoms with Crippen molar-refractivity contribution < 1.29 is 0 Å². The van der Waals surface area contributed by atoms with Gasteiger partial charge in [0, 0.05) is 25.0 Å². The Morgan fingerprint density at radius 2 is 2.67 bits per heavy atom. The van der Waals surface area contributed by atoms with Crippen molar-refractivity contribution in [3.8, 4) is 0 Å². The van der Waals surface area contributed by atoms with E-state index in [1.165, 1.54) is 25.2 Å². The molecule has 0 amide bonds. The van der Waals surface area contributed by atoms with Gasteiger partial charge in [-0.2, -0.15) is 0 Å². The van der Waals surface area contributed by atoms with E-state index in [9.17, 15) is 0 Å². The molecule has 1 atom stereocenters. The topological polar surface area (TPSA) is 31.9 Å². The van der Waals surface area contributed by atoms with E-state index < -0.39 is 0 Å². The fourth-order valence-corrected chi connectivity index (χ4v) is 1.78. The number of rotatable bonds is 2. The predicted octanol–water partition coefficient (Wildman–Crippen LogP) is 1.25. The van der Waals surface area contributed by atoms with Crippen molar-refractivity contribution in [2.75, 3.05) is 13.1 Å². The van der Waals surface area contributed by atoms with E-state index in [1.54, 1.807) is 6.33 Å². The average molecular weight is 165 g/mol. The first-order valence-electron chi connectivity index (χ1n) is 4.54. The summed E-state index contributed by atoms with van der Waals surface area (Å²) in [5, 5.41) is 0. The van der Waals surface area contributed by atoms with Crippen molar-refractivity contribution in [1.82, 2.24) is 14.9 Å². The van der Waals surface area contributed by atoms with Crippen molar-refractivity contribution in [3.05, 3.63) is 18.2 Å². The number of aromatic nitrogens is 2. The van der Waals surface area contributed by atoms with Crippen molar-refractivity contribution in [2.45, 2.75) is 19.9 Å². The van der Waals surface area contributed by atoms with Crippen LogP contribution in [0.2, 0.25) is 0 Å². The van der Waals surface area contributed by atoms with Gasteiger partial charge >= 0.3 is 0 Å². The van der Waals surface area contributed by atoms with E-state index in [0.29, 0.717) is 0 Å². The van der Waals surface area contributed by atoms with Crippen molar-refractivity contribution >= 4 is 0 Å². The molecule has 1 N–H and O–H groups in total. The number of aromatic amines is 1. The monoisotopic (exact) mass is 165 g/mol. The van der Waals surface area contributed by atoms with Crippen LogP contribution in [0, 0.1) is 5.92 Å². The van der Waals surface area contributed by atoms with E-state index in [1.807, 2.05) is 6.20 Å². The zero-order chi connectivity index (χ0) is 8.39. The van der Waals surface area contributed by atoms with Crippen LogP contribution in [0.5, 0.6) is 0 Å². The number of hydrogen-bond acceptors (Lipinski definition) is 2. The highest BCUT2D eigenvalue weighted by atomic mass is 15.2. The molecule has 66 valence electrons. The van der Waals surface area contributed by atoms with Gasteiger partial charge in [0.25, 0.3) is 0 Å². The first-order chi connectivity index (χ1) is 5.84. The van der Waals surface area contributed by atoms with Gasteiger partial charge in [-0.3, -0.25) is 4.90 Å². The van der Waals surface area contributed by atoms with Gasteiger partial charge in [-0.1, -0.05) is 6.92 Å². The highest BCUT2D eigenvalue weighted by Crippen LogP contribution is 2.16. The zero-order valence-electron chi connectivity index (χ0n) is 7.45. The Hall–Kier alpha value is -0.830. The predicted molar refractivity (Wildman–Crippen MR) is 47.6 cm³/mol. The van der Waals surface area contributed by atoms with Gasteiger partial charge in [0.05, 0.1) is 6.33 Å². The molecule has 1 aliphatic heterocycles. The van der Waals surface area contributed by atoms with Crippen LogP contribution >= 0.6 is 0 Å². The van der Waals surface area contributed by atoms with E-state index in [4.69, 9.17) is 0 Å². The molecule has 1 fully saturated rings. The van der Waals surface area contributed by atoms with Crippen LogP contribution in [0.3, 0.4) is 0 Å². The lowest BCUT2D eigenvalue weighted by atomic mass is 10.2. The Balaban J connectivity index is 1.88. The van der Waals surface area contributed by atoms with Gasteiger partial charge in [-0.25, -0.2) is 4.98 Å². The average Bonchev–Trinajstić information content (AvgIpc) is 2.63. The molecule has 1 saturated heterocycles. The normalized spacial score (nSPS) is 24.9. The van der Waals surface area contributed by atoms with Crippen LogP contribution in [0.15, 0.2) is 12.5 Å². The molecule has 1 aromatic heterocycles. The third-order valence-electron chi connectivity index (χ3n) is 2.46. The second-order valence-corrected chi connectivity index (χ2v) is 3.71. The molecule has 3 nitrogen and oxygen atoms in total. The number of imidazole rings is 1. The van der Waals surface area contributed by atoms with E-state index >= 15 is 0 Å². The maximum absolute atomic E-state index is 4.00. The number of hydrogen-bond donors (Lipinski definition) is 1. The SMILES string of the molecule is CC1CCN(Cc2cnc[nH]2)C1. The second kappa shape index (κ2) is 3.27. The van der Waals surface area contributed by atoms with Crippen LogP contribution in [0.4, 0.5) is 0 Å². The zero-order valence-corrected chi connectivity index (χ0v) is 7.45. The van der Waals surface area contributed by atoms with Gasteiger partial charge in [-0.05, 0) is 18.9 Å². The molecule has 2 heterocycles. The molecule has 0 radical (unpaired) electrons. The largest absolute Gasteiger partial charge is 0.347 e. The standard InChI is InChI=1S/C9H15N3/c1-8-2-3-12(5-8)6-9-4-10-7-11-9/h4,7-8H,2-3,5-6H2,1H3,(H,10,11). The summed E-state index contributed by atoms with van der Waals surface area (Å²) in [4.78, 5) is 9.60. The first-order valence-corrected chi connectivity index (χ1v) is 4.54. The minimum Gasteiger partial charge on any atom is -0.347 e. The van der Waals surface area contributed by atoms with Crippen LogP contribution in [0.25, 0.3) is 0 Å². The van der Waals surface area contributed by atoms with Crippen LogP contribution in [-0.4, -0.2) is 28.0 Å². The van der Waals surface area contributed by atoms with Gasteiger partial charge in [0.2, 0.25) is 0 Å². The van der Waals surface area contributed by atoms with Gasteiger partial charge in [0.1, 0.15) is 0 Å². The second-order valence-electron chi connectivity index (χ2n) is 3.71. The van der Waals surface area contributed by atoms with Crippen molar-refractivity contribution in [1.29, 1.82) is 0 Å². The lowest BCUT2D eigenvalue weighted by molar-refractivity contribution is 0.317. The molecule has 0 aliphatic carbocycles. The molecule has 1 aromatic rings. The van der Waals surface area contributed by atoms with E-state index in [0.717, 1.165) is 12.5 Å². The third kappa shape index (κ3) is 1.67. The molecule has 12 heavy (non-hydrogen) atoms. The minimum absolute atomic E-state index is 0.868. The molecule has 1 aliphatic rings. The minimum atomic E-state index is 0.868. The highest BCUT2D eigenvalue weighted by Gasteiger charge is 2.18. The first kappa shape index (κ1) is 7.80. The van der Waals surface area contributed by atoms with E-state index in [2.05, 4.69) is 21.8 Å². The fourth-order valence-electron chi connectivity index (χ4n) is 1.78. The third-order valence-corrected chi connectivity index (χ3v) is 2.46. The smallest absolute Gasteiger partial charge is 0.0922 e. The summed E-state index contributed by atoms with van der Waals surface area (Å²) < 4.78 is 0. The lowest BCUT2D eigenvalue weighted by Gasteiger charge is -2.12. The summed E-state index contributed by atoms with van der Waals surface area (Å²) in [7, 11) is 0.